The lowest BCUT2D eigenvalue weighted by Gasteiger charge is -2.34. The summed E-state index contributed by atoms with van der Waals surface area (Å²) >= 11 is 0. The Morgan fingerprint density at radius 2 is 1.81 bits per heavy atom. The van der Waals surface area contributed by atoms with Gasteiger partial charge in [-0.15, -0.1) is 0 Å². The molecule has 2 aromatic carbocycles. The number of fused-ring (bicyclic) bond motifs is 1. The zero-order chi connectivity index (χ0) is 19.6. The fraction of sp³-hybridized carbons (Fsp3) is 0.222. The molecule has 1 atom stereocenters. The molecule has 0 bridgehead atoms. The predicted molar refractivity (Wildman–Crippen MR) is 97.0 cm³/mol. The molecule has 0 aromatic heterocycles. The number of carbonyl (C=O) groups excluding carboxylic acids is 1. The maximum Gasteiger partial charge on any atom is 0.303 e. The number of aryl methyl sites for hydroxylation is 1. The number of aliphatic carboxylic acids is 1. The molecule has 3 rings (SSSR count). The Kier molecular flexibility index (Phi) is 5.04. The van der Waals surface area contributed by atoms with Gasteiger partial charge in [-0.25, -0.2) is 8.42 Å². The molecule has 2 aromatic rings. The second-order valence-electron chi connectivity index (χ2n) is 6.05. The van der Waals surface area contributed by atoms with Crippen LogP contribution in [0.2, 0.25) is 0 Å². The molecule has 0 spiro atoms. The van der Waals surface area contributed by atoms with Crippen LogP contribution in [0.15, 0.2) is 53.4 Å². The summed E-state index contributed by atoms with van der Waals surface area (Å²) < 4.78 is 32.8. The smallest absolute Gasteiger partial charge is 0.303 e. The number of carbonyl (C=O) groups is 2. The van der Waals surface area contributed by atoms with Gasteiger partial charge >= 0.3 is 5.97 Å². The van der Waals surface area contributed by atoms with E-state index < -0.39 is 28.0 Å². The van der Waals surface area contributed by atoms with Crippen molar-refractivity contribution in [1.29, 1.82) is 0 Å². The number of nitrogens with zero attached hydrogens (tertiary/aromatic N) is 1. The van der Waals surface area contributed by atoms with E-state index in [0.29, 0.717) is 17.7 Å². The number of sulfonamides is 1. The first-order valence-electron chi connectivity index (χ1n) is 8.17. The average molecular weight is 390 g/mol. The number of carboxylic acid groups (broad SMARTS) is 1. The largest absolute Gasteiger partial charge is 0.481 e. The van der Waals surface area contributed by atoms with Crippen LogP contribution in [-0.4, -0.2) is 38.0 Å². The number of nitrogens with two attached hydrogens (primary N) is 1. The topological polar surface area (TPSA) is 127 Å². The third kappa shape index (κ3) is 3.87. The van der Waals surface area contributed by atoms with Crippen molar-refractivity contribution >= 4 is 27.6 Å². The maximum atomic E-state index is 13.1. The second kappa shape index (κ2) is 7.28. The number of carboxylic acids is 1. The minimum atomic E-state index is -3.96. The van der Waals surface area contributed by atoms with E-state index >= 15 is 0 Å². The van der Waals surface area contributed by atoms with Gasteiger partial charge in [0.15, 0.2) is 6.10 Å². The zero-order valence-electron chi connectivity index (χ0n) is 14.2. The molecule has 0 unspecified atom stereocenters. The molecule has 1 aliphatic heterocycles. The Bertz CT molecular complexity index is 972. The number of anilines is 1. The summed E-state index contributed by atoms with van der Waals surface area (Å²) in [5.41, 5.74) is 6.35. The number of para-hydroxylation sites is 2. The molecule has 0 aliphatic carbocycles. The van der Waals surface area contributed by atoms with Gasteiger partial charge in [-0.05, 0) is 36.2 Å². The predicted octanol–water partition coefficient (Wildman–Crippen LogP) is 1.15. The lowest BCUT2D eigenvalue weighted by Crippen LogP contribution is -2.49. The highest BCUT2D eigenvalue weighted by atomic mass is 32.2. The monoisotopic (exact) mass is 390 g/mol. The third-order valence-corrected chi connectivity index (χ3v) is 5.98. The van der Waals surface area contributed by atoms with Crippen molar-refractivity contribution in [2.75, 3.05) is 10.8 Å². The summed E-state index contributed by atoms with van der Waals surface area (Å²) in [5.74, 6) is -1.42. The van der Waals surface area contributed by atoms with Crippen LogP contribution >= 0.6 is 0 Å². The van der Waals surface area contributed by atoms with Crippen LogP contribution < -0.4 is 14.8 Å². The van der Waals surface area contributed by atoms with Crippen molar-refractivity contribution in [3.05, 3.63) is 54.1 Å². The molecule has 142 valence electrons. The molecule has 1 amide bonds. The van der Waals surface area contributed by atoms with E-state index in [1.807, 2.05) is 0 Å². The number of benzene rings is 2. The van der Waals surface area contributed by atoms with E-state index in [2.05, 4.69) is 0 Å². The van der Waals surface area contributed by atoms with Gasteiger partial charge in [0.05, 0.1) is 17.1 Å². The summed E-state index contributed by atoms with van der Waals surface area (Å²) in [4.78, 5) is 22.3. The van der Waals surface area contributed by atoms with E-state index in [9.17, 15) is 18.0 Å². The van der Waals surface area contributed by atoms with Gasteiger partial charge in [0.25, 0.3) is 15.9 Å². The second-order valence-corrected chi connectivity index (χ2v) is 7.91. The number of amides is 1. The lowest BCUT2D eigenvalue weighted by atomic mass is 10.1. The normalized spacial score (nSPS) is 16.3. The Hall–Kier alpha value is -3.07. The van der Waals surface area contributed by atoms with Crippen LogP contribution in [0, 0.1) is 0 Å². The van der Waals surface area contributed by atoms with Crippen LogP contribution in [0.25, 0.3) is 0 Å². The first-order valence-corrected chi connectivity index (χ1v) is 9.61. The highest BCUT2D eigenvalue weighted by molar-refractivity contribution is 7.92. The number of hydrogen-bond acceptors (Lipinski definition) is 5. The summed E-state index contributed by atoms with van der Waals surface area (Å²) in [6.07, 6.45) is -0.826. The molecule has 9 heteroatoms. The van der Waals surface area contributed by atoms with Crippen LogP contribution in [-0.2, 0) is 26.0 Å². The van der Waals surface area contributed by atoms with E-state index in [4.69, 9.17) is 15.6 Å². The first kappa shape index (κ1) is 18.7. The Morgan fingerprint density at radius 3 is 2.44 bits per heavy atom. The van der Waals surface area contributed by atoms with E-state index in [1.54, 1.807) is 36.4 Å². The molecule has 0 radical (unpaired) electrons. The van der Waals surface area contributed by atoms with Crippen LogP contribution in [0.4, 0.5) is 5.69 Å². The van der Waals surface area contributed by atoms with Crippen molar-refractivity contribution in [2.24, 2.45) is 5.73 Å². The third-order valence-electron chi connectivity index (χ3n) is 4.19. The molecule has 0 saturated carbocycles. The molecule has 27 heavy (non-hydrogen) atoms. The first-order chi connectivity index (χ1) is 12.8. The minimum absolute atomic E-state index is 0.0292. The van der Waals surface area contributed by atoms with E-state index in [-0.39, 0.29) is 23.6 Å². The van der Waals surface area contributed by atoms with Crippen molar-refractivity contribution in [1.82, 2.24) is 0 Å². The zero-order valence-corrected chi connectivity index (χ0v) is 15.1. The van der Waals surface area contributed by atoms with Gasteiger partial charge in [-0.2, -0.15) is 0 Å². The van der Waals surface area contributed by atoms with Crippen molar-refractivity contribution in [3.63, 3.8) is 0 Å². The highest BCUT2D eigenvalue weighted by Gasteiger charge is 2.36. The van der Waals surface area contributed by atoms with Crippen molar-refractivity contribution in [2.45, 2.75) is 23.8 Å². The molecule has 8 nitrogen and oxygen atoms in total. The maximum absolute atomic E-state index is 13.1. The van der Waals surface area contributed by atoms with E-state index in [0.717, 1.165) is 4.31 Å². The molecule has 1 aliphatic rings. The fourth-order valence-electron chi connectivity index (χ4n) is 2.78. The molecule has 0 saturated heterocycles. The van der Waals surface area contributed by atoms with Crippen LogP contribution in [0.5, 0.6) is 5.75 Å². The van der Waals surface area contributed by atoms with Gasteiger partial charge in [0, 0.05) is 6.42 Å². The van der Waals surface area contributed by atoms with Crippen LogP contribution in [0.3, 0.4) is 0 Å². The summed E-state index contributed by atoms with van der Waals surface area (Å²) in [5, 5.41) is 8.74. The number of rotatable bonds is 6. The summed E-state index contributed by atoms with van der Waals surface area (Å²) in [6, 6.07) is 12.5. The quantitative estimate of drug-likeness (QED) is 0.762. The number of ether oxygens (including phenoxy) is 1. The molecule has 0 fully saturated rings. The summed E-state index contributed by atoms with van der Waals surface area (Å²) in [6.45, 7) is -0.227. The van der Waals surface area contributed by atoms with Crippen molar-refractivity contribution < 1.29 is 27.9 Å². The van der Waals surface area contributed by atoms with E-state index in [1.165, 1.54) is 12.1 Å². The Labute approximate surface area is 156 Å². The molecule has 1 heterocycles. The van der Waals surface area contributed by atoms with Gasteiger partial charge < -0.3 is 15.6 Å². The minimum Gasteiger partial charge on any atom is -0.481 e. The van der Waals surface area contributed by atoms with Gasteiger partial charge in [0.2, 0.25) is 0 Å². The molecule has 3 N–H and O–H groups in total. The summed E-state index contributed by atoms with van der Waals surface area (Å²) in [7, 11) is -3.96. The van der Waals surface area contributed by atoms with Gasteiger partial charge in [-0.3, -0.25) is 13.9 Å². The molecular weight excluding hydrogens is 372 g/mol. The number of primary amides is 1. The van der Waals surface area contributed by atoms with Gasteiger partial charge in [0.1, 0.15) is 5.75 Å². The average Bonchev–Trinajstić information content (AvgIpc) is 2.65. The molecular formula is C18H18N2O6S. The Balaban J connectivity index is 1.94. The van der Waals surface area contributed by atoms with Crippen LogP contribution in [0.1, 0.15) is 12.0 Å². The Morgan fingerprint density at radius 1 is 1.15 bits per heavy atom. The lowest BCUT2D eigenvalue weighted by molar-refractivity contribution is -0.137. The highest BCUT2D eigenvalue weighted by Crippen LogP contribution is 2.36. The number of hydrogen-bond donors (Lipinski definition) is 2. The SMILES string of the molecule is NC(=O)[C@@H]1CN(S(=O)(=O)c2ccc(CCC(=O)O)cc2)c2ccccc2O1. The standard InChI is InChI=1S/C18H18N2O6S/c19-18(23)16-11-20(14-3-1-2-4-15(14)26-16)27(24,25)13-8-5-12(6-9-13)7-10-17(21)22/h1-6,8-9,16H,7,10-11H2,(H2,19,23)(H,21,22)/t16-/m0/s1. The van der Waals surface area contributed by atoms with Crippen molar-refractivity contribution in [3.8, 4) is 5.75 Å². The van der Waals surface area contributed by atoms with Gasteiger partial charge in [-0.1, -0.05) is 24.3 Å². The fourth-order valence-corrected chi connectivity index (χ4v) is 4.26.